The minimum Gasteiger partial charge on any atom is -0.478 e. The number of rotatable bonds is 6. The Kier molecular flexibility index (Phi) is 5.24. The van der Waals surface area contributed by atoms with Gasteiger partial charge in [-0.25, -0.2) is 9.48 Å². The maximum Gasteiger partial charge on any atom is 0.335 e. The standard InChI is InChI=1S/C16H17N3O4/c1-2-9-19-14(20)8-7-13(18-19)15(21)17-10-11-3-5-12(6-4-11)16(22)23/h3-8H,2,9-10H2,1H3,(H,17,21)(H,22,23). The molecule has 2 N–H and O–H groups in total. The number of hydrogen-bond donors (Lipinski definition) is 2. The van der Waals surface area contributed by atoms with Crippen LogP contribution in [0.25, 0.3) is 0 Å². The molecule has 0 aliphatic rings. The van der Waals surface area contributed by atoms with Crippen LogP contribution in [0.3, 0.4) is 0 Å². The van der Waals surface area contributed by atoms with Gasteiger partial charge in [0.2, 0.25) is 0 Å². The predicted molar refractivity (Wildman–Crippen MR) is 83.4 cm³/mol. The summed E-state index contributed by atoms with van der Waals surface area (Å²) >= 11 is 0. The van der Waals surface area contributed by atoms with Crippen LogP contribution >= 0.6 is 0 Å². The second-order valence-electron chi connectivity index (χ2n) is 4.96. The Morgan fingerprint density at radius 1 is 1.17 bits per heavy atom. The van der Waals surface area contributed by atoms with Gasteiger partial charge in [0.1, 0.15) is 5.69 Å². The first-order chi connectivity index (χ1) is 11.0. The summed E-state index contributed by atoms with van der Waals surface area (Å²) in [6.45, 7) is 2.62. The lowest BCUT2D eigenvalue weighted by molar-refractivity contribution is 0.0696. The van der Waals surface area contributed by atoms with E-state index in [4.69, 9.17) is 5.11 Å². The van der Waals surface area contributed by atoms with E-state index >= 15 is 0 Å². The Hall–Kier alpha value is -2.96. The fourth-order valence-corrected chi connectivity index (χ4v) is 1.98. The molecular formula is C16H17N3O4. The van der Waals surface area contributed by atoms with Gasteiger partial charge in [-0.2, -0.15) is 5.10 Å². The van der Waals surface area contributed by atoms with Crippen LogP contribution in [0, 0.1) is 0 Å². The molecule has 0 saturated heterocycles. The number of carboxylic acids is 1. The number of hydrogen-bond acceptors (Lipinski definition) is 4. The number of aryl methyl sites for hydroxylation is 1. The zero-order chi connectivity index (χ0) is 16.8. The van der Waals surface area contributed by atoms with E-state index in [0.717, 1.165) is 12.0 Å². The first-order valence-corrected chi connectivity index (χ1v) is 7.20. The molecule has 1 heterocycles. The van der Waals surface area contributed by atoms with Crippen molar-refractivity contribution in [3.8, 4) is 0 Å². The van der Waals surface area contributed by atoms with Crippen LogP contribution in [0.15, 0.2) is 41.2 Å². The number of carboxylic acid groups (broad SMARTS) is 1. The second kappa shape index (κ2) is 7.35. The van der Waals surface area contributed by atoms with E-state index in [0.29, 0.717) is 6.54 Å². The first-order valence-electron chi connectivity index (χ1n) is 7.20. The topological polar surface area (TPSA) is 101 Å². The molecule has 0 aliphatic carbocycles. The zero-order valence-corrected chi connectivity index (χ0v) is 12.7. The number of nitrogens with zero attached hydrogens (tertiary/aromatic N) is 2. The van der Waals surface area contributed by atoms with Gasteiger partial charge in [0, 0.05) is 19.2 Å². The summed E-state index contributed by atoms with van der Waals surface area (Å²) in [5.41, 5.74) is 0.881. The van der Waals surface area contributed by atoms with Crippen molar-refractivity contribution in [2.75, 3.05) is 0 Å². The van der Waals surface area contributed by atoms with Crippen molar-refractivity contribution in [3.63, 3.8) is 0 Å². The van der Waals surface area contributed by atoms with Crippen LogP contribution in [0.5, 0.6) is 0 Å². The number of aromatic nitrogens is 2. The molecule has 7 nitrogen and oxygen atoms in total. The molecule has 0 bridgehead atoms. The molecule has 2 aromatic rings. The number of nitrogens with one attached hydrogen (secondary N) is 1. The van der Waals surface area contributed by atoms with Crippen molar-refractivity contribution >= 4 is 11.9 Å². The van der Waals surface area contributed by atoms with Crippen molar-refractivity contribution in [1.29, 1.82) is 0 Å². The summed E-state index contributed by atoms with van der Waals surface area (Å²) in [7, 11) is 0. The van der Waals surface area contributed by atoms with Gasteiger partial charge >= 0.3 is 5.97 Å². The van der Waals surface area contributed by atoms with E-state index < -0.39 is 11.9 Å². The Labute approximate surface area is 132 Å². The lowest BCUT2D eigenvalue weighted by atomic mass is 10.1. The van der Waals surface area contributed by atoms with Crippen molar-refractivity contribution in [2.45, 2.75) is 26.4 Å². The molecule has 0 spiro atoms. The molecule has 0 atom stereocenters. The minimum absolute atomic E-state index is 0.167. The first kappa shape index (κ1) is 16.4. The van der Waals surface area contributed by atoms with E-state index in [9.17, 15) is 14.4 Å². The van der Waals surface area contributed by atoms with Crippen LogP contribution in [0.4, 0.5) is 0 Å². The Balaban J connectivity index is 2.03. The van der Waals surface area contributed by atoms with Crippen LogP contribution in [0.1, 0.15) is 39.8 Å². The maximum atomic E-state index is 12.1. The lowest BCUT2D eigenvalue weighted by Gasteiger charge is -2.07. The highest BCUT2D eigenvalue weighted by Gasteiger charge is 2.09. The number of aromatic carboxylic acids is 1. The predicted octanol–water partition coefficient (Wildman–Crippen LogP) is 1.28. The van der Waals surface area contributed by atoms with Crippen molar-refractivity contribution in [2.24, 2.45) is 0 Å². The maximum absolute atomic E-state index is 12.1. The van der Waals surface area contributed by atoms with Gasteiger partial charge in [-0.1, -0.05) is 19.1 Å². The van der Waals surface area contributed by atoms with Crippen LogP contribution in [0.2, 0.25) is 0 Å². The second-order valence-corrected chi connectivity index (χ2v) is 4.96. The third kappa shape index (κ3) is 4.26. The average molecular weight is 315 g/mol. The smallest absolute Gasteiger partial charge is 0.335 e. The summed E-state index contributed by atoms with van der Waals surface area (Å²) in [6.07, 6.45) is 0.744. The van der Waals surface area contributed by atoms with Gasteiger partial charge in [0.05, 0.1) is 5.56 Å². The summed E-state index contributed by atoms with van der Waals surface area (Å²) < 4.78 is 1.26. The highest BCUT2D eigenvalue weighted by atomic mass is 16.4. The highest BCUT2D eigenvalue weighted by molar-refractivity contribution is 5.92. The molecule has 1 aromatic carbocycles. The molecule has 0 saturated carbocycles. The Morgan fingerprint density at radius 3 is 2.48 bits per heavy atom. The van der Waals surface area contributed by atoms with Gasteiger partial charge < -0.3 is 10.4 Å². The summed E-state index contributed by atoms with van der Waals surface area (Å²) in [6, 6.07) is 8.92. The van der Waals surface area contributed by atoms with E-state index in [-0.39, 0.29) is 23.4 Å². The van der Waals surface area contributed by atoms with Crippen molar-refractivity contribution < 1.29 is 14.7 Å². The Morgan fingerprint density at radius 2 is 1.87 bits per heavy atom. The van der Waals surface area contributed by atoms with Gasteiger partial charge in [-0.3, -0.25) is 9.59 Å². The van der Waals surface area contributed by atoms with Gasteiger partial charge in [0.25, 0.3) is 11.5 Å². The average Bonchev–Trinajstić information content (AvgIpc) is 2.55. The largest absolute Gasteiger partial charge is 0.478 e. The van der Waals surface area contributed by atoms with Crippen molar-refractivity contribution in [3.05, 3.63) is 63.6 Å². The molecular weight excluding hydrogens is 298 g/mol. The third-order valence-corrected chi connectivity index (χ3v) is 3.19. The SMILES string of the molecule is CCCn1nc(C(=O)NCc2ccc(C(=O)O)cc2)ccc1=O. The summed E-state index contributed by atoms with van der Waals surface area (Å²) in [5.74, 6) is -1.39. The molecule has 2 rings (SSSR count). The van der Waals surface area contributed by atoms with Crippen LogP contribution in [-0.2, 0) is 13.1 Å². The summed E-state index contributed by atoms with van der Waals surface area (Å²) in [4.78, 5) is 34.4. The number of amides is 1. The monoisotopic (exact) mass is 315 g/mol. The van der Waals surface area contributed by atoms with Crippen LogP contribution < -0.4 is 10.9 Å². The third-order valence-electron chi connectivity index (χ3n) is 3.19. The molecule has 7 heteroatoms. The molecule has 1 amide bonds. The Bertz CT molecular complexity index is 766. The molecule has 120 valence electrons. The lowest BCUT2D eigenvalue weighted by Crippen LogP contribution is -2.29. The normalized spacial score (nSPS) is 10.3. The van der Waals surface area contributed by atoms with E-state index in [1.165, 1.54) is 28.9 Å². The fraction of sp³-hybridized carbons (Fsp3) is 0.250. The quantitative estimate of drug-likeness (QED) is 0.836. The molecule has 23 heavy (non-hydrogen) atoms. The zero-order valence-electron chi connectivity index (χ0n) is 12.7. The number of carbonyl (C=O) groups excluding carboxylic acids is 1. The van der Waals surface area contributed by atoms with Gasteiger partial charge in [-0.15, -0.1) is 0 Å². The molecule has 0 unspecified atom stereocenters. The summed E-state index contributed by atoms with van der Waals surface area (Å²) in [5, 5.41) is 15.5. The molecule has 0 aliphatic heterocycles. The van der Waals surface area contributed by atoms with E-state index in [1.807, 2.05) is 6.92 Å². The molecule has 0 radical (unpaired) electrons. The molecule has 0 fully saturated rings. The fourth-order valence-electron chi connectivity index (χ4n) is 1.98. The number of carbonyl (C=O) groups is 2. The van der Waals surface area contributed by atoms with Crippen molar-refractivity contribution in [1.82, 2.24) is 15.1 Å². The van der Waals surface area contributed by atoms with E-state index in [2.05, 4.69) is 10.4 Å². The van der Waals surface area contributed by atoms with E-state index in [1.54, 1.807) is 12.1 Å². The highest BCUT2D eigenvalue weighted by Crippen LogP contribution is 2.04. The molecule has 1 aromatic heterocycles. The minimum atomic E-state index is -0.997. The number of benzene rings is 1. The van der Waals surface area contributed by atoms with Crippen LogP contribution in [-0.4, -0.2) is 26.8 Å². The van der Waals surface area contributed by atoms with Gasteiger partial charge in [0.15, 0.2) is 0 Å². The van der Waals surface area contributed by atoms with Gasteiger partial charge in [-0.05, 0) is 30.2 Å².